The van der Waals surface area contributed by atoms with Gasteiger partial charge in [-0.3, -0.25) is 0 Å². The summed E-state index contributed by atoms with van der Waals surface area (Å²) in [5, 5.41) is 3.52. The van der Waals surface area contributed by atoms with Crippen LogP contribution in [0.25, 0.3) is 0 Å². The van der Waals surface area contributed by atoms with E-state index in [1.54, 1.807) is 12.1 Å². The summed E-state index contributed by atoms with van der Waals surface area (Å²) in [5.74, 6) is 0.150. The minimum Gasteiger partial charge on any atom is -0.311 e. The average molecular weight is 279 g/mol. The Morgan fingerprint density at radius 2 is 1.65 bits per heavy atom. The molecule has 1 aromatic carbocycles. The maximum atomic E-state index is 14.1. The number of halogens is 1. The van der Waals surface area contributed by atoms with Crippen molar-refractivity contribution in [3.63, 3.8) is 0 Å². The van der Waals surface area contributed by atoms with Gasteiger partial charge in [-0.15, -0.1) is 0 Å². The van der Waals surface area contributed by atoms with E-state index in [-0.39, 0.29) is 22.7 Å². The van der Waals surface area contributed by atoms with Crippen molar-refractivity contribution >= 4 is 0 Å². The summed E-state index contributed by atoms with van der Waals surface area (Å²) < 4.78 is 14.1. The first-order chi connectivity index (χ1) is 9.08. The lowest BCUT2D eigenvalue weighted by atomic mass is 9.84. The first kappa shape index (κ1) is 17.2. The van der Waals surface area contributed by atoms with E-state index in [0.717, 1.165) is 24.9 Å². The predicted octanol–water partition coefficient (Wildman–Crippen LogP) is 5.12. The van der Waals surface area contributed by atoms with Crippen LogP contribution in [0.1, 0.15) is 65.9 Å². The van der Waals surface area contributed by atoms with Gasteiger partial charge in [-0.1, -0.05) is 39.0 Å². The van der Waals surface area contributed by atoms with Crippen molar-refractivity contribution in [2.24, 2.45) is 5.41 Å². The summed E-state index contributed by atoms with van der Waals surface area (Å²) in [5.41, 5.74) is 1.18. The van der Waals surface area contributed by atoms with E-state index in [4.69, 9.17) is 0 Å². The lowest BCUT2D eigenvalue weighted by Crippen LogP contribution is -2.38. The fourth-order valence-electron chi connectivity index (χ4n) is 2.21. The van der Waals surface area contributed by atoms with Crippen molar-refractivity contribution in [2.45, 2.75) is 65.8 Å². The van der Waals surface area contributed by atoms with Crippen molar-refractivity contribution in [3.05, 3.63) is 35.6 Å². The molecule has 114 valence electrons. The van der Waals surface area contributed by atoms with E-state index >= 15 is 0 Å². The minimum absolute atomic E-state index is 0.0608. The summed E-state index contributed by atoms with van der Waals surface area (Å²) in [6.45, 7) is 14.0. The average Bonchev–Trinajstić information content (AvgIpc) is 2.28. The molecule has 0 spiro atoms. The molecular formula is C18H30FN. The van der Waals surface area contributed by atoms with E-state index in [2.05, 4.69) is 46.9 Å². The second-order valence-electron chi connectivity index (χ2n) is 7.95. The van der Waals surface area contributed by atoms with Gasteiger partial charge in [-0.2, -0.15) is 0 Å². The molecule has 1 atom stereocenters. The third-order valence-corrected chi connectivity index (χ3v) is 3.47. The Bertz CT molecular complexity index is 394. The molecule has 0 bridgehead atoms. The number of rotatable bonds is 5. The predicted molar refractivity (Wildman–Crippen MR) is 85.6 cm³/mol. The van der Waals surface area contributed by atoms with Crippen LogP contribution in [0.2, 0.25) is 0 Å². The fraction of sp³-hybridized carbons (Fsp3) is 0.667. The van der Waals surface area contributed by atoms with Gasteiger partial charge in [0.15, 0.2) is 0 Å². The summed E-state index contributed by atoms with van der Waals surface area (Å²) in [6, 6.07) is 7.18. The van der Waals surface area contributed by atoms with Crippen LogP contribution >= 0.6 is 0 Å². The Hall–Kier alpha value is -0.890. The van der Waals surface area contributed by atoms with Crippen LogP contribution in [0.15, 0.2) is 24.3 Å². The first-order valence-corrected chi connectivity index (χ1v) is 7.58. The van der Waals surface area contributed by atoms with Gasteiger partial charge in [0.2, 0.25) is 0 Å². The van der Waals surface area contributed by atoms with Crippen molar-refractivity contribution in [3.8, 4) is 0 Å². The highest BCUT2D eigenvalue weighted by Crippen LogP contribution is 2.30. The highest BCUT2D eigenvalue weighted by Gasteiger charge is 2.21. The Morgan fingerprint density at radius 1 is 1.05 bits per heavy atom. The third-order valence-electron chi connectivity index (χ3n) is 3.47. The summed E-state index contributed by atoms with van der Waals surface area (Å²) in [4.78, 5) is 0. The topological polar surface area (TPSA) is 12.0 Å². The second kappa shape index (κ2) is 6.71. The van der Waals surface area contributed by atoms with Gasteiger partial charge < -0.3 is 5.32 Å². The van der Waals surface area contributed by atoms with Crippen molar-refractivity contribution < 1.29 is 4.39 Å². The molecule has 0 saturated heterocycles. The zero-order chi connectivity index (χ0) is 15.4. The van der Waals surface area contributed by atoms with Crippen LogP contribution in [0, 0.1) is 11.2 Å². The van der Waals surface area contributed by atoms with Gasteiger partial charge in [-0.25, -0.2) is 4.39 Å². The molecule has 1 aromatic rings. The summed E-state index contributed by atoms with van der Waals surface area (Å²) in [7, 11) is 0. The Balaban J connectivity index is 2.82. The highest BCUT2D eigenvalue weighted by atomic mass is 19.1. The SMILES string of the molecule is CC(C)(C)CCC(CNC(C)(C)C)c1ccccc1F. The smallest absolute Gasteiger partial charge is 0.126 e. The molecule has 2 heteroatoms. The van der Waals surface area contributed by atoms with E-state index < -0.39 is 0 Å². The molecule has 1 rings (SSSR count). The van der Waals surface area contributed by atoms with Crippen LogP contribution in [0.5, 0.6) is 0 Å². The molecule has 0 aliphatic rings. The maximum Gasteiger partial charge on any atom is 0.126 e. The monoisotopic (exact) mass is 279 g/mol. The molecule has 20 heavy (non-hydrogen) atoms. The van der Waals surface area contributed by atoms with Gasteiger partial charge in [0.1, 0.15) is 5.82 Å². The quantitative estimate of drug-likeness (QED) is 0.788. The third kappa shape index (κ3) is 6.51. The number of hydrogen-bond donors (Lipinski definition) is 1. The molecule has 0 fully saturated rings. The van der Waals surface area contributed by atoms with Crippen LogP contribution < -0.4 is 5.32 Å². The molecule has 0 aliphatic heterocycles. The fourth-order valence-corrected chi connectivity index (χ4v) is 2.21. The van der Waals surface area contributed by atoms with Crippen LogP contribution in [-0.2, 0) is 0 Å². The van der Waals surface area contributed by atoms with Gasteiger partial charge in [-0.05, 0) is 56.6 Å². The number of benzene rings is 1. The van der Waals surface area contributed by atoms with Crippen molar-refractivity contribution in [1.82, 2.24) is 5.32 Å². The van der Waals surface area contributed by atoms with Crippen LogP contribution in [-0.4, -0.2) is 12.1 Å². The van der Waals surface area contributed by atoms with E-state index in [0.29, 0.717) is 0 Å². The molecule has 0 aromatic heterocycles. The molecule has 1 unspecified atom stereocenters. The van der Waals surface area contributed by atoms with Crippen molar-refractivity contribution in [2.75, 3.05) is 6.54 Å². The van der Waals surface area contributed by atoms with Crippen LogP contribution in [0.4, 0.5) is 4.39 Å². The normalized spacial score (nSPS) is 14.3. The summed E-state index contributed by atoms with van der Waals surface area (Å²) in [6.07, 6.45) is 2.10. The Kier molecular flexibility index (Phi) is 5.76. The number of hydrogen-bond acceptors (Lipinski definition) is 1. The molecule has 1 N–H and O–H groups in total. The molecule has 0 saturated carbocycles. The standard InChI is InChI=1S/C18H30FN/c1-17(2,3)12-11-14(13-20-18(4,5)6)15-9-7-8-10-16(15)19/h7-10,14,20H,11-13H2,1-6H3. The molecule has 0 heterocycles. The molecule has 1 nitrogen and oxygen atoms in total. The van der Waals surface area contributed by atoms with Crippen molar-refractivity contribution in [1.29, 1.82) is 0 Å². The lowest BCUT2D eigenvalue weighted by molar-refractivity contribution is 0.328. The molecule has 0 radical (unpaired) electrons. The van der Waals surface area contributed by atoms with E-state index in [9.17, 15) is 4.39 Å². The molecular weight excluding hydrogens is 249 g/mol. The zero-order valence-corrected chi connectivity index (χ0v) is 13.9. The van der Waals surface area contributed by atoms with Gasteiger partial charge in [0.05, 0.1) is 0 Å². The lowest BCUT2D eigenvalue weighted by Gasteiger charge is -2.28. The van der Waals surface area contributed by atoms with Gasteiger partial charge >= 0.3 is 0 Å². The maximum absolute atomic E-state index is 14.1. The Labute approximate surface area is 124 Å². The van der Waals surface area contributed by atoms with Gasteiger partial charge in [0, 0.05) is 12.1 Å². The summed E-state index contributed by atoms with van der Waals surface area (Å²) >= 11 is 0. The number of nitrogens with one attached hydrogen (secondary N) is 1. The molecule has 0 amide bonds. The highest BCUT2D eigenvalue weighted by molar-refractivity contribution is 5.22. The van der Waals surface area contributed by atoms with Gasteiger partial charge in [0.25, 0.3) is 0 Å². The van der Waals surface area contributed by atoms with Crippen LogP contribution in [0.3, 0.4) is 0 Å². The first-order valence-electron chi connectivity index (χ1n) is 7.58. The van der Waals surface area contributed by atoms with E-state index in [1.807, 2.05) is 12.1 Å². The molecule has 0 aliphatic carbocycles. The Morgan fingerprint density at radius 3 is 2.15 bits per heavy atom. The largest absolute Gasteiger partial charge is 0.311 e. The van der Waals surface area contributed by atoms with E-state index in [1.165, 1.54) is 0 Å². The zero-order valence-electron chi connectivity index (χ0n) is 13.9. The minimum atomic E-state index is -0.0814. The second-order valence-corrected chi connectivity index (χ2v) is 7.95.